The number of aromatic nitrogens is 2. The van der Waals surface area contributed by atoms with Crippen LogP contribution in [0.15, 0.2) is 30.3 Å². The molecule has 0 saturated carbocycles. The number of rotatable bonds is 8. The molecule has 0 amide bonds. The van der Waals surface area contributed by atoms with Gasteiger partial charge < -0.3 is 9.64 Å². The Balaban J connectivity index is 1.75. The van der Waals surface area contributed by atoms with Gasteiger partial charge in [-0.1, -0.05) is 44.2 Å². The van der Waals surface area contributed by atoms with E-state index in [2.05, 4.69) is 30.9 Å². The molecule has 0 radical (unpaired) electrons. The quantitative estimate of drug-likeness (QED) is 0.678. The average Bonchev–Trinajstić information content (AvgIpc) is 2.68. The van der Waals surface area contributed by atoms with Crippen LogP contribution in [0.1, 0.15) is 44.4 Å². The molecule has 3 rings (SSSR count). The molecule has 1 aromatic heterocycles. The Labute approximate surface area is 151 Å². The number of hydrogen-bond acceptors (Lipinski definition) is 4. The Morgan fingerprint density at radius 3 is 2.52 bits per heavy atom. The number of hydrogen-bond donors (Lipinski definition) is 0. The molecule has 25 heavy (non-hydrogen) atoms. The van der Waals surface area contributed by atoms with Crippen LogP contribution >= 0.6 is 0 Å². The predicted octanol–water partition coefficient (Wildman–Crippen LogP) is 4.13. The zero-order valence-electron chi connectivity index (χ0n) is 15.5. The second-order valence-corrected chi connectivity index (χ2v) is 6.58. The molecule has 0 fully saturated rings. The van der Waals surface area contributed by atoms with Crippen LogP contribution in [-0.2, 0) is 12.8 Å². The smallest absolute Gasteiger partial charge is 0.220 e. The number of nitrogens with zero attached hydrogens (tertiary/aromatic N) is 3. The molecule has 0 aliphatic heterocycles. The van der Waals surface area contributed by atoms with Crippen LogP contribution in [0.25, 0.3) is 11.4 Å². The van der Waals surface area contributed by atoms with Crippen molar-refractivity contribution in [2.75, 3.05) is 26.2 Å². The highest BCUT2D eigenvalue weighted by Crippen LogP contribution is 2.29. The van der Waals surface area contributed by atoms with Gasteiger partial charge in [0, 0.05) is 17.7 Å². The molecular formula is C21H29N3O. The van der Waals surface area contributed by atoms with Crippen molar-refractivity contribution in [3.63, 3.8) is 0 Å². The largest absolute Gasteiger partial charge is 0.477 e. The van der Waals surface area contributed by atoms with Crippen LogP contribution in [0.5, 0.6) is 5.88 Å². The van der Waals surface area contributed by atoms with Gasteiger partial charge >= 0.3 is 0 Å². The number of fused-ring (bicyclic) bond motifs is 1. The lowest BCUT2D eigenvalue weighted by molar-refractivity contribution is 0.242. The summed E-state index contributed by atoms with van der Waals surface area (Å²) < 4.78 is 6.13. The first kappa shape index (κ1) is 17.9. The van der Waals surface area contributed by atoms with Crippen LogP contribution in [-0.4, -0.2) is 41.1 Å². The summed E-state index contributed by atoms with van der Waals surface area (Å²) in [5.41, 5.74) is 3.47. The molecule has 0 bridgehead atoms. The Morgan fingerprint density at radius 1 is 1.00 bits per heavy atom. The maximum absolute atomic E-state index is 6.13. The van der Waals surface area contributed by atoms with Crippen LogP contribution in [0.3, 0.4) is 0 Å². The molecular weight excluding hydrogens is 310 g/mol. The van der Waals surface area contributed by atoms with E-state index in [4.69, 9.17) is 14.7 Å². The van der Waals surface area contributed by atoms with Crippen LogP contribution in [0.4, 0.5) is 0 Å². The standard InChI is InChI=1S/C21H29N3O/c1-3-24(4-2)15-10-16-25-21-18-13-8-9-14-19(18)22-20(23-21)17-11-6-5-7-12-17/h5-7,11-12H,3-4,8-10,13-16H2,1-2H3. The number of benzene rings is 1. The van der Waals surface area contributed by atoms with Crippen molar-refractivity contribution < 1.29 is 4.74 Å². The summed E-state index contributed by atoms with van der Waals surface area (Å²) in [6.45, 7) is 8.39. The van der Waals surface area contributed by atoms with Gasteiger partial charge in [-0.05, 0) is 45.2 Å². The van der Waals surface area contributed by atoms with E-state index in [1.807, 2.05) is 18.2 Å². The lowest BCUT2D eigenvalue weighted by atomic mass is 9.96. The van der Waals surface area contributed by atoms with E-state index in [1.165, 1.54) is 24.1 Å². The Bertz CT molecular complexity index is 668. The van der Waals surface area contributed by atoms with Gasteiger partial charge in [0.25, 0.3) is 0 Å². The highest BCUT2D eigenvalue weighted by molar-refractivity contribution is 5.56. The summed E-state index contributed by atoms with van der Waals surface area (Å²) in [5.74, 6) is 1.60. The predicted molar refractivity (Wildman–Crippen MR) is 102 cm³/mol. The van der Waals surface area contributed by atoms with E-state index in [0.717, 1.165) is 56.2 Å². The van der Waals surface area contributed by atoms with Crippen molar-refractivity contribution in [2.24, 2.45) is 0 Å². The van der Waals surface area contributed by atoms with Crippen molar-refractivity contribution in [3.8, 4) is 17.3 Å². The Morgan fingerprint density at radius 2 is 1.76 bits per heavy atom. The van der Waals surface area contributed by atoms with Crippen molar-refractivity contribution in [2.45, 2.75) is 46.0 Å². The first-order valence-electron chi connectivity index (χ1n) is 9.62. The monoisotopic (exact) mass is 339 g/mol. The van der Waals surface area contributed by atoms with Crippen LogP contribution in [0, 0.1) is 0 Å². The summed E-state index contributed by atoms with van der Waals surface area (Å²) in [6, 6.07) is 10.2. The zero-order valence-corrected chi connectivity index (χ0v) is 15.5. The first-order valence-corrected chi connectivity index (χ1v) is 9.62. The van der Waals surface area contributed by atoms with Gasteiger partial charge in [0.15, 0.2) is 5.82 Å². The van der Waals surface area contributed by atoms with Gasteiger partial charge in [-0.25, -0.2) is 4.98 Å². The minimum Gasteiger partial charge on any atom is -0.477 e. The molecule has 4 nitrogen and oxygen atoms in total. The molecule has 1 aliphatic carbocycles. The molecule has 1 aliphatic rings. The Kier molecular flexibility index (Phi) is 6.40. The van der Waals surface area contributed by atoms with E-state index >= 15 is 0 Å². The van der Waals surface area contributed by atoms with E-state index in [0.29, 0.717) is 6.61 Å². The van der Waals surface area contributed by atoms with Crippen molar-refractivity contribution >= 4 is 0 Å². The van der Waals surface area contributed by atoms with E-state index in [-0.39, 0.29) is 0 Å². The molecule has 0 N–H and O–H groups in total. The molecule has 4 heteroatoms. The maximum atomic E-state index is 6.13. The summed E-state index contributed by atoms with van der Waals surface area (Å²) in [5, 5.41) is 0. The molecule has 134 valence electrons. The third-order valence-electron chi connectivity index (χ3n) is 4.93. The fraction of sp³-hybridized carbons (Fsp3) is 0.524. The third kappa shape index (κ3) is 4.57. The second kappa shape index (κ2) is 8.95. The zero-order chi connectivity index (χ0) is 17.5. The first-order chi connectivity index (χ1) is 12.3. The highest BCUT2D eigenvalue weighted by Gasteiger charge is 2.19. The molecule has 0 atom stereocenters. The highest BCUT2D eigenvalue weighted by atomic mass is 16.5. The Hall–Kier alpha value is -1.94. The third-order valence-corrected chi connectivity index (χ3v) is 4.93. The topological polar surface area (TPSA) is 38.2 Å². The van der Waals surface area contributed by atoms with Gasteiger partial charge in [0.1, 0.15) is 0 Å². The average molecular weight is 339 g/mol. The number of aryl methyl sites for hydroxylation is 1. The van der Waals surface area contributed by atoms with E-state index < -0.39 is 0 Å². The molecule has 1 aromatic carbocycles. The summed E-state index contributed by atoms with van der Waals surface area (Å²) in [6.07, 6.45) is 5.51. The van der Waals surface area contributed by atoms with E-state index in [9.17, 15) is 0 Å². The molecule has 0 unspecified atom stereocenters. The van der Waals surface area contributed by atoms with Crippen molar-refractivity contribution in [1.29, 1.82) is 0 Å². The van der Waals surface area contributed by atoms with Gasteiger partial charge in [-0.2, -0.15) is 4.98 Å². The maximum Gasteiger partial charge on any atom is 0.220 e. The minimum absolute atomic E-state index is 0.716. The van der Waals surface area contributed by atoms with Gasteiger partial charge in [0.05, 0.1) is 12.3 Å². The molecule has 0 spiro atoms. The van der Waals surface area contributed by atoms with Crippen molar-refractivity contribution in [3.05, 3.63) is 41.6 Å². The lowest BCUT2D eigenvalue weighted by Crippen LogP contribution is -2.25. The summed E-state index contributed by atoms with van der Waals surface area (Å²) in [7, 11) is 0. The summed E-state index contributed by atoms with van der Waals surface area (Å²) >= 11 is 0. The lowest BCUT2D eigenvalue weighted by Gasteiger charge is -2.20. The summed E-state index contributed by atoms with van der Waals surface area (Å²) in [4.78, 5) is 12.0. The minimum atomic E-state index is 0.716. The van der Waals surface area contributed by atoms with E-state index in [1.54, 1.807) is 0 Å². The number of ether oxygens (including phenoxy) is 1. The normalized spacial score (nSPS) is 13.7. The molecule has 1 heterocycles. The molecule has 0 saturated heterocycles. The van der Waals surface area contributed by atoms with Crippen molar-refractivity contribution in [1.82, 2.24) is 14.9 Å². The van der Waals surface area contributed by atoms with Gasteiger partial charge in [-0.15, -0.1) is 0 Å². The van der Waals surface area contributed by atoms with Crippen LogP contribution in [0.2, 0.25) is 0 Å². The molecule has 2 aromatic rings. The van der Waals surface area contributed by atoms with Gasteiger partial charge in [-0.3, -0.25) is 0 Å². The second-order valence-electron chi connectivity index (χ2n) is 6.58. The SMILES string of the molecule is CCN(CC)CCCOc1nc(-c2ccccc2)nc2c1CCCC2. The fourth-order valence-electron chi connectivity index (χ4n) is 3.39. The fourth-order valence-corrected chi connectivity index (χ4v) is 3.39. The van der Waals surface area contributed by atoms with Gasteiger partial charge in [0.2, 0.25) is 5.88 Å². The van der Waals surface area contributed by atoms with Crippen LogP contribution < -0.4 is 4.74 Å².